The molecule has 2 aromatic carbocycles. The number of carbonyl (C=O) groups is 2. The number of halogens is 3. The first-order valence-corrected chi connectivity index (χ1v) is 12.4. The Morgan fingerprint density at radius 2 is 1.89 bits per heavy atom. The number of hydrogen-bond donors (Lipinski definition) is 2. The summed E-state index contributed by atoms with van der Waals surface area (Å²) >= 11 is 13.3. The van der Waals surface area contributed by atoms with Crippen molar-refractivity contribution in [1.29, 1.82) is 0 Å². The van der Waals surface area contributed by atoms with Crippen LogP contribution in [-0.4, -0.2) is 32.3 Å². The van der Waals surface area contributed by atoms with E-state index < -0.39 is 6.04 Å². The normalized spacial score (nSPS) is 11.8. The van der Waals surface area contributed by atoms with Crippen molar-refractivity contribution in [2.45, 2.75) is 31.6 Å². The minimum atomic E-state index is -0.482. The molecule has 3 rings (SSSR count). The lowest BCUT2D eigenvalue weighted by atomic mass is 10.0. The number of hydrogen-bond acceptors (Lipinski definition) is 5. The zero-order valence-electron chi connectivity index (χ0n) is 19.1. The van der Waals surface area contributed by atoms with E-state index in [2.05, 4.69) is 27.4 Å². The van der Waals surface area contributed by atoms with E-state index in [1.165, 1.54) is 42.1 Å². The van der Waals surface area contributed by atoms with Crippen LogP contribution >= 0.6 is 35.0 Å². The molecule has 0 aliphatic rings. The first-order valence-electron chi connectivity index (χ1n) is 10.7. The van der Waals surface area contributed by atoms with Crippen LogP contribution < -0.4 is 10.6 Å². The Labute approximate surface area is 217 Å². The van der Waals surface area contributed by atoms with Gasteiger partial charge in [0.25, 0.3) is 5.91 Å². The average molecular weight is 536 g/mol. The second-order valence-corrected chi connectivity index (χ2v) is 9.69. The maximum atomic E-state index is 13.1. The third-order valence-electron chi connectivity index (χ3n) is 4.92. The van der Waals surface area contributed by atoms with Crippen molar-refractivity contribution in [1.82, 2.24) is 20.1 Å². The van der Waals surface area contributed by atoms with Crippen molar-refractivity contribution in [2.24, 2.45) is 5.92 Å². The van der Waals surface area contributed by atoms with E-state index in [0.717, 1.165) is 0 Å². The van der Waals surface area contributed by atoms with Gasteiger partial charge in [0.15, 0.2) is 11.0 Å². The standard InChI is InChI=1S/C24H24Cl2FN5O2S/c1-4-11-32-22(21(14(2)3)29-23(34)18-10-5-15(25)12-19(18)26)30-31-24(32)35-13-20(33)28-17-8-6-16(27)7-9-17/h4-10,12,14,21H,1,11,13H2,2-3H3,(H,28,33)(H,29,34)/t21-/m1/s1. The smallest absolute Gasteiger partial charge is 0.253 e. The zero-order valence-corrected chi connectivity index (χ0v) is 21.4. The Balaban J connectivity index is 1.76. The summed E-state index contributed by atoms with van der Waals surface area (Å²) < 4.78 is 14.9. The predicted octanol–water partition coefficient (Wildman–Crippen LogP) is 5.77. The maximum absolute atomic E-state index is 13.1. The molecule has 0 saturated carbocycles. The number of aromatic nitrogens is 3. The number of nitrogens with one attached hydrogen (secondary N) is 2. The number of anilines is 1. The molecule has 1 atom stereocenters. The molecule has 0 spiro atoms. The molecule has 0 unspecified atom stereocenters. The van der Waals surface area contributed by atoms with Gasteiger partial charge in [-0.15, -0.1) is 16.8 Å². The summed E-state index contributed by atoms with van der Waals surface area (Å²) in [5, 5.41) is 15.4. The van der Waals surface area contributed by atoms with Crippen LogP contribution in [-0.2, 0) is 11.3 Å². The number of rotatable bonds is 10. The Morgan fingerprint density at radius 1 is 1.17 bits per heavy atom. The van der Waals surface area contributed by atoms with E-state index in [9.17, 15) is 14.0 Å². The highest BCUT2D eigenvalue weighted by Gasteiger charge is 2.27. The average Bonchev–Trinajstić information content (AvgIpc) is 3.19. The molecule has 11 heteroatoms. The quantitative estimate of drug-likeness (QED) is 0.254. The van der Waals surface area contributed by atoms with Crippen LogP contribution in [0.1, 0.15) is 36.1 Å². The number of thioether (sulfide) groups is 1. The van der Waals surface area contributed by atoms with E-state index in [4.69, 9.17) is 23.2 Å². The number of carbonyl (C=O) groups excluding carboxylic acids is 2. The van der Waals surface area contributed by atoms with Crippen LogP contribution in [0, 0.1) is 11.7 Å². The third-order valence-corrected chi connectivity index (χ3v) is 6.44. The van der Waals surface area contributed by atoms with E-state index in [0.29, 0.717) is 33.8 Å². The summed E-state index contributed by atoms with van der Waals surface area (Å²) in [6.07, 6.45) is 1.69. The lowest BCUT2D eigenvalue weighted by molar-refractivity contribution is -0.113. The summed E-state index contributed by atoms with van der Waals surface area (Å²) in [6, 6.07) is 9.70. The molecule has 2 N–H and O–H groups in total. The molecule has 184 valence electrons. The largest absolute Gasteiger partial charge is 0.342 e. The molecule has 0 radical (unpaired) electrons. The van der Waals surface area contributed by atoms with Crippen molar-refractivity contribution in [2.75, 3.05) is 11.1 Å². The number of benzene rings is 2. The van der Waals surface area contributed by atoms with Gasteiger partial charge < -0.3 is 15.2 Å². The fourth-order valence-electron chi connectivity index (χ4n) is 3.22. The predicted molar refractivity (Wildman–Crippen MR) is 137 cm³/mol. The van der Waals surface area contributed by atoms with Gasteiger partial charge in [0, 0.05) is 17.3 Å². The van der Waals surface area contributed by atoms with Crippen LogP contribution in [0.5, 0.6) is 0 Å². The molecule has 1 aromatic heterocycles. The van der Waals surface area contributed by atoms with Crippen molar-refractivity contribution in [3.8, 4) is 0 Å². The van der Waals surface area contributed by atoms with Gasteiger partial charge in [0.2, 0.25) is 5.91 Å². The van der Waals surface area contributed by atoms with Gasteiger partial charge >= 0.3 is 0 Å². The minimum absolute atomic E-state index is 0.0302. The molecule has 0 aliphatic carbocycles. The summed E-state index contributed by atoms with van der Waals surface area (Å²) in [5.41, 5.74) is 0.789. The lowest BCUT2D eigenvalue weighted by Gasteiger charge is -2.23. The molecule has 0 aliphatic heterocycles. The first kappa shape index (κ1) is 26.7. The molecule has 7 nitrogen and oxygen atoms in total. The Bertz CT molecular complexity index is 1220. The van der Waals surface area contributed by atoms with Crippen LogP contribution in [0.2, 0.25) is 10.0 Å². The molecule has 0 fully saturated rings. The SMILES string of the molecule is C=CCn1c(SCC(=O)Nc2ccc(F)cc2)nnc1[C@H](NC(=O)c1ccc(Cl)cc1Cl)C(C)C. The van der Waals surface area contributed by atoms with Crippen LogP contribution in [0.15, 0.2) is 60.3 Å². The monoisotopic (exact) mass is 535 g/mol. The van der Waals surface area contributed by atoms with Gasteiger partial charge in [-0.2, -0.15) is 0 Å². The molecular formula is C24H24Cl2FN5O2S. The fraction of sp³-hybridized carbons (Fsp3) is 0.250. The molecule has 35 heavy (non-hydrogen) atoms. The number of nitrogens with zero attached hydrogens (tertiary/aromatic N) is 3. The summed E-state index contributed by atoms with van der Waals surface area (Å²) in [4.78, 5) is 25.3. The Morgan fingerprint density at radius 3 is 2.51 bits per heavy atom. The van der Waals surface area contributed by atoms with Crippen LogP contribution in [0.4, 0.5) is 10.1 Å². The minimum Gasteiger partial charge on any atom is -0.342 e. The number of amides is 2. The van der Waals surface area contributed by atoms with Crippen LogP contribution in [0.3, 0.4) is 0 Å². The highest BCUT2D eigenvalue weighted by atomic mass is 35.5. The van der Waals surface area contributed by atoms with Gasteiger partial charge in [0.1, 0.15) is 5.82 Å². The molecular weight excluding hydrogens is 512 g/mol. The summed E-state index contributed by atoms with van der Waals surface area (Å²) in [7, 11) is 0. The molecule has 0 bridgehead atoms. The molecule has 2 amide bonds. The Kier molecular flexibility index (Phi) is 9.31. The fourth-order valence-corrected chi connectivity index (χ4v) is 4.47. The zero-order chi connectivity index (χ0) is 25.5. The van der Waals surface area contributed by atoms with Gasteiger partial charge in [-0.25, -0.2) is 4.39 Å². The third kappa shape index (κ3) is 7.06. The Hall–Kier alpha value is -2.88. The topological polar surface area (TPSA) is 88.9 Å². The van der Waals surface area contributed by atoms with Crippen molar-refractivity contribution in [3.63, 3.8) is 0 Å². The second-order valence-electron chi connectivity index (χ2n) is 7.90. The van der Waals surface area contributed by atoms with Gasteiger partial charge in [-0.05, 0) is 48.4 Å². The highest BCUT2D eigenvalue weighted by Crippen LogP contribution is 2.27. The van der Waals surface area contributed by atoms with Crippen molar-refractivity contribution in [3.05, 3.63) is 82.4 Å². The van der Waals surface area contributed by atoms with Gasteiger partial charge in [0.05, 0.1) is 22.4 Å². The number of allylic oxidation sites excluding steroid dienone is 1. The van der Waals surface area contributed by atoms with Crippen LogP contribution in [0.25, 0.3) is 0 Å². The second kappa shape index (κ2) is 12.2. The maximum Gasteiger partial charge on any atom is 0.253 e. The van der Waals surface area contributed by atoms with Gasteiger partial charge in [-0.3, -0.25) is 9.59 Å². The molecule has 0 saturated heterocycles. The summed E-state index contributed by atoms with van der Waals surface area (Å²) in [5.74, 6) is -0.468. The van der Waals surface area contributed by atoms with E-state index in [1.54, 1.807) is 22.8 Å². The summed E-state index contributed by atoms with van der Waals surface area (Å²) in [6.45, 7) is 8.07. The van der Waals surface area contributed by atoms with E-state index >= 15 is 0 Å². The molecule has 1 heterocycles. The van der Waals surface area contributed by atoms with Crippen molar-refractivity contribution >= 4 is 52.5 Å². The first-order chi connectivity index (χ1) is 16.7. The highest BCUT2D eigenvalue weighted by molar-refractivity contribution is 7.99. The van der Waals surface area contributed by atoms with E-state index in [1.807, 2.05) is 13.8 Å². The van der Waals surface area contributed by atoms with Crippen molar-refractivity contribution < 1.29 is 14.0 Å². The molecule has 3 aromatic rings. The van der Waals surface area contributed by atoms with E-state index in [-0.39, 0.29) is 34.3 Å². The lowest BCUT2D eigenvalue weighted by Crippen LogP contribution is -2.34. The van der Waals surface area contributed by atoms with Gasteiger partial charge in [-0.1, -0.05) is 54.9 Å².